The number of carbonyl (C=O) groups excluding carboxylic acids is 2. The first kappa shape index (κ1) is 25.8. The molecule has 2 aromatic rings. The topological polar surface area (TPSA) is 61.9 Å². The molecule has 0 radical (unpaired) electrons. The summed E-state index contributed by atoms with van der Waals surface area (Å²) >= 11 is 0. The van der Waals surface area contributed by atoms with E-state index < -0.39 is 0 Å². The minimum absolute atomic E-state index is 0.00665. The summed E-state index contributed by atoms with van der Waals surface area (Å²) in [5, 5.41) is 2.91. The fraction of sp³-hybridized carbons (Fsp3) is 0.500. The Morgan fingerprint density at radius 1 is 1.06 bits per heavy atom. The van der Waals surface area contributed by atoms with E-state index >= 15 is 0 Å². The molecule has 1 N–H and O–H groups in total. The van der Waals surface area contributed by atoms with E-state index in [1.807, 2.05) is 50.5 Å². The van der Waals surface area contributed by atoms with Crippen LogP contribution < -0.4 is 10.2 Å². The number of benzene rings is 2. The summed E-state index contributed by atoms with van der Waals surface area (Å²) in [4.78, 5) is 30.3. The van der Waals surface area contributed by atoms with Crippen molar-refractivity contribution in [3.63, 3.8) is 0 Å². The second-order valence-corrected chi connectivity index (χ2v) is 9.35. The lowest BCUT2D eigenvalue weighted by Gasteiger charge is -2.37. The Balaban J connectivity index is 1.95. The molecule has 6 heteroatoms. The number of hydrogen-bond acceptors (Lipinski definition) is 4. The summed E-state index contributed by atoms with van der Waals surface area (Å²) in [5.41, 5.74) is 3.87. The molecule has 1 saturated carbocycles. The molecule has 0 unspecified atom stereocenters. The molecular formula is C28H39N3O3. The number of hydrogen-bond donors (Lipinski definition) is 1. The van der Waals surface area contributed by atoms with E-state index in [1.54, 1.807) is 0 Å². The third-order valence-electron chi connectivity index (χ3n) is 6.67. The van der Waals surface area contributed by atoms with E-state index in [4.69, 9.17) is 4.74 Å². The molecule has 0 aliphatic heterocycles. The normalized spacial score (nSPS) is 14.9. The largest absolute Gasteiger partial charge is 0.377 e. The highest BCUT2D eigenvalue weighted by molar-refractivity contribution is 5.92. The second kappa shape index (κ2) is 12.6. The van der Waals surface area contributed by atoms with Crippen LogP contribution in [0.4, 0.5) is 11.4 Å². The Morgan fingerprint density at radius 2 is 1.76 bits per heavy atom. The molecule has 3 rings (SSSR count). The number of anilines is 2. The Bertz CT molecular complexity index is 939. The Kier molecular flexibility index (Phi) is 9.52. The van der Waals surface area contributed by atoms with Crippen LogP contribution in [0, 0.1) is 0 Å². The van der Waals surface area contributed by atoms with Gasteiger partial charge in [0.2, 0.25) is 11.8 Å². The Hall–Kier alpha value is -2.86. The Morgan fingerprint density at radius 3 is 2.38 bits per heavy atom. The van der Waals surface area contributed by atoms with Crippen LogP contribution in [0.3, 0.4) is 0 Å². The quantitative estimate of drug-likeness (QED) is 0.524. The van der Waals surface area contributed by atoms with Crippen LogP contribution in [-0.4, -0.2) is 50.6 Å². The summed E-state index contributed by atoms with van der Waals surface area (Å²) in [7, 11) is 5.52. The van der Waals surface area contributed by atoms with E-state index in [-0.39, 0.29) is 30.4 Å². The molecule has 2 aromatic carbocycles. The lowest BCUT2D eigenvalue weighted by atomic mass is 9.90. The highest BCUT2D eigenvalue weighted by Gasteiger charge is 2.31. The molecule has 2 amide bonds. The van der Waals surface area contributed by atoms with Gasteiger partial charge in [0.05, 0.1) is 5.92 Å². The summed E-state index contributed by atoms with van der Waals surface area (Å²) in [6.07, 6.45) is 6.39. The molecule has 1 atom stereocenters. The highest BCUT2D eigenvalue weighted by atomic mass is 16.5. The molecule has 184 valence electrons. The number of amides is 2. The van der Waals surface area contributed by atoms with Crippen LogP contribution >= 0.6 is 0 Å². The number of nitrogens with one attached hydrogen (secondary N) is 1. The van der Waals surface area contributed by atoms with Gasteiger partial charge in [-0.2, -0.15) is 0 Å². The van der Waals surface area contributed by atoms with Crippen molar-refractivity contribution < 1.29 is 14.3 Å². The molecule has 0 aromatic heterocycles. The van der Waals surface area contributed by atoms with Crippen molar-refractivity contribution in [3.05, 3.63) is 59.7 Å². The van der Waals surface area contributed by atoms with Crippen molar-refractivity contribution in [2.24, 2.45) is 0 Å². The number of methoxy groups -OCH3 is 1. The number of carbonyl (C=O) groups is 2. The van der Waals surface area contributed by atoms with Crippen LogP contribution in [0.2, 0.25) is 0 Å². The van der Waals surface area contributed by atoms with E-state index in [0.29, 0.717) is 12.2 Å². The minimum atomic E-state index is -0.193. The molecule has 0 spiro atoms. The smallest absolute Gasteiger partial charge is 0.250 e. The van der Waals surface area contributed by atoms with Gasteiger partial charge in [-0.25, -0.2) is 0 Å². The van der Waals surface area contributed by atoms with Crippen LogP contribution in [0.5, 0.6) is 0 Å². The zero-order valence-electron chi connectivity index (χ0n) is 21.0. The summed E-state index contributed by atoms with van der Waals surface area (Å²) in [5.74, 6) is -0.156. The van der Waals surface area contributed by atoms with E-state index in [2.05, 4.69) is 34.2 Å². The van der Waals surface area contributed by atoms with Gasteiger partial charge >= 0.3 is 0 Å². The van der Waals surface area contributed by atoms with Gasteiger partial charge in [0, 0.05) is 45.2 Å². The fourth-order valence-electron chi connectivity index (χ4n) is 4.96. The monoisotopic (exact) mass is 465 g/mol. The predicted molar refractivity (Wildman–Crippen MR) is 138 cm³/mol. The average Bonchev–Trinajstić information content (AvgIpc) is 2.84. The van der Waals surface area contributed by atoms with Crippen molar-refractivity contribution in [1.82, 2.24) is 4.90 Å². The highest BCUT2D eigenvalue weighted by Crippen LogP contribution is 2.32. The second-order valence-electron chi connectivity index (χ2n) is 9.35. The van der Waals surface area contributed by atoms with Crippen molar-refractivity contribution >= 4 is 23.2 Å². The molecule has 34 heavy (non-hydrogen) atoms. The van der Waals surface area contributed by atoms with E-state index in [9.17, 15) is 9.59 Å². The molecule has 0 bridgehead atoms. The molecular weight excluding hydrogens is 426 g/mol. The van der Waals surface area contributed by atoms with Gasteiger partial charge in [-0.15, -0.1) is 0 Å². The summed E-state index contributed by atoms with van der Waals surface area (Å²) in [6, 6.07) is 16.3. The van der Waals surface area contributed by atoms with Gasteiger partial charge in [0.1, 0.15) is 6.61 Å². The Labute approximate surface area is 204 Å². The predicted octanol–water partition coefficient (Wildman–Crippen LogP) is 5.19. The van der Waals surface area contributed by atoms with Gasteiger partial charge in [-0.3, -0.25) is 9.59 Å². The van der Waals surface area contributed by atoms with Crippen molar-refractivity contribution in [1.29, 1.82) is 0 Å². The lowest BCUT2D eigenvalue weighted by Crippen LogP contribution is -2.43. The first-order chi connectivity index (χ1) is 16.4. The number of ether oxygens (including phenoxy) is 1. The summed E-state index contributed by atoms with van der Waals surface area (Å²) < 4.78 is 4.95. The van der Waals surface area contributed by atoms with Crippen LogP contribution in [-0.2, 0) is 20.9 Å². The van der Waals surface area contributed by atoms with Crippen LogP contribution in [0.15, 0.2) is 48.5 Å². The standard InChI is InChI=1S/C28H39N3O3/c1-5-25(21-12-8-6-9-13-21)28(33)31(24-14-10-7-11-15-24)19-22-18-23(29-27(32)20-34-4)16-17-26(22)30(2)3/h6,8-9,12-13,16-18,24-25H,5,7,10-11,14-15,19-20H2,1-4H3,(H,29,32)/t25-/m0/s1. The third kappa shape index (κ3) is 6.60. The van der Waals surface area contributed by atoms with Gasteiger partial charge in [0.25, 0.3) is 0 Å². The zero-order valence-corrected chi connectivity index (χ0v) is 21.0. The van der Waals surface area contributed by atoms with Gasteiger partial charge < -0.3 is 19.9 Å². The molecule has 1 aliphatic carbocycles. The minimum Gasteiger partial charge on any atom is -0.377 e. The first-order valence-electron chi connectivity index (χ1n) is 12.4. The third-order valence-corrected chi connectivity index (χ3v) is 6.67. The maximum Gasteiger partial charge on any atom is 0.250 e. The SMILES string of the molecule is CC[C@H](C(=O)N(Cc1cc(NC(=O)COC)ccc1N(C)C)C1CCCCC1)c1ccccc1. The number of rotatable bonds is 10. The maximum absolute atomic E-state index is 14.0. The van der Waals surface area contributed by atoms with Crippen molar-refractivity contribution in [2.45, 2.75) is 64.0 Å². The molecule has 0 heterocycles. The van der Waals surface area contributed by atoms with Crippen molar-refractivity contribution in [3.8, 4) is 0 Å². The fourth-order valence-corrected chi connectivity index (χ4v) is 4.96. The lowest BCUT2D eigenvalue weighted by molar-refractivity contribution is -0.136. The molecule has 0 saturated heterocycles. The average molecular weight is 466 g/mol. The van der Waals surface area contributed by atoms with Gasteiger partial charge in [-0.05, 0) is 48.6 Å². The van der Waals surface area contributed by atoms with Gasteiger partial charge in [0.15, 0.2) is 0 Å². The summed E-state index contributed by atoms with van der Waals surface area (Å²) in [6.45, 7) is 2.62. The van der Waals surface area contributed by atoms with Gasteiger partial charge in [-0.1, -0.05) is 56.5 Å². The maximum atomic E-state index is 14.0. The number of nitrogens with zero attached hydrogens (tertiary/aromatic N) is 2. The molecule has 1 aliphatic rings. The molecule has 1 fully saturated rings. The molecule has 6 nitrogen and oxygen atoms in total. The van der Waals surface area contributed by atoms with Crippen LogP contribution in [0.1, 0.15) is 62.5 Å². The van der Waals surface area contributed by atoms with E-state index in [1.165, 1.54) is 13.5 Å². The van der Waals surface area contributed by atoms with Crippen LogP contribution in [0.25, 0.3) is 0 Å². The first-order valence-corrected chi connectivity index (χ1v) is 12.4. The van der Waals surface area contributed by atoms with E-state index in [0.717, 1.165) is 48.9 Å². The van der Waals surface area contributed by atoms with Crippen molar-refractivity contribution in [2.75, 3.05) is 38.0 Å². The zero-order chi connectivity index (χ0) is 24.5.